The first-order chi connectivity index (χ1) is 10.1. The Hall–Kier alpha value is -2.01. The van der Waals surface area contributed by atoms with E-state index in [4.69, 9.17) is 10.5 Å². The number of hydrogen-bond donors (Lipinski definition) is 2. The molecule has 2 aromatic carbocycles. The lowest BCUT2D eigenvalue weighted by atomic mass is 10.1. The van der Waals surface area contributed by atoms with Crippen LogP contribution in [0.4, 0.5) is 5.69 Å². The van der Waals surface area contributed by atoms with Crippen molar-refractivity contribution >= 4 is 27.5 Å². The quantitative estimate of drug-likeness (QED) is 0.816. The van der Waals surface area contributed by atoms with Gasteiger partial charge in [-0.05, 0) is 42.3 Å². The van der Waals surface area contributed by atoms with E-state index in [2.05, 4.69) is 21.2 Å². The van der Waals surface area contributed by atoms with E-state index < -0.39 is 0 Å². The summed E-state index contributed by atoms with van der Waals surface area (Å²) in [6.07, 6.45) is 0.733. The Morgan fingerprint density at radius 3 is 2.86 bits per heavy atom. The Labute approximate surface area is 132 Å². The molecule has 0 aliphatic carbocycles. The molecule has 2 aromatic rings. The van der Waals surface area contributed by atoms with Crippen molar-refractivity contribution in [2.75, 3.05) is 19.4 Å². The maximum absolute atomic E-state index is 12.1. The van der Waals surface area contributed by atoms with Gasteiger partial charge in [-0.3, -0.25) is 4.79 Å². The van der Waals surface area contributed by atoms with Crippen LogP contribution in [0.1, 0.15) is 15.9 Å². The van der Waals surface area contributed by atoms with Gasteiger partial charge in [0.2, 0.25) is 0 Å². The van der Waals surface area contributed by atoms with Crippen molar-refractivity contribution in [3.63, 3.8) is 0 Å². The first-order valence-electron chi connectivity index (χ1n) is 6.56. The summed E-state index contributed by atoms with van der Waals surface area (Å²) in [6, 6.07) is 13.0. The van der Waals surface area contributed by atoms with Crippen molar-refractivity contribution in [3.8, 4) is 5.75 Å². The first kappa shape index (κ1) is 15.4. The SMILES string of the molecule is COc1cccc(CCNC(=O)c2cc(Br)ccc2N)c1. The van der Waals surface area contributed by atoms with E-state index in [0.717, 1.165) is 22.2 Å². The van der Waals surface area contributed by atoms with Crippen LogP contribution < -0.4 is 15.8 Å². The lowest BCUT2D eigenvalue weighted by Crippen LogP contribution is -2.26. The van der Waals surface area contributed by atoms with Gasteiger partial charge >= 0.3 is 0 Å². The summed E-state index contributed by atoms with van der Waals surface area (Å²) in [5.41, 5.74) is 7.87. The average molecular weight is 349 g/mol. The Morgan fingerprint density at radius 1 is 1.29 bits per heavy atom. The van der Waals surface area contributed by atoms with E-state index in [1.807, 2.05) is 30.3 Å². The zero-order valence-corrected chi connectivity index (χ0v) is 13.3. The van der Waals surface area contributed by atoms with Crippen LogP contribution >= 0.6 is 15.9 Å². The number of ether oxygens (including phenoxy) is 1. The molecule has 0 bridgehead atoms. The fraction of sp³-hybridized carbons (Fsp3) is 0.188. The molecule has 0 unspecified atom stereocenters. The highest BCUT2D eigenvalue weighted by molar-refractivity contribution is 9.10. The van der Waals surface area contributed by atoms with Crippen molar-refractivity contribution in [2.24, 2.45) is 0 Å². The maximum atomic E-state index is 12.1. The standard InChI is InChI=1S/C16H17BrN2O2/c1-21-13-4-2-3-11(9-13)7-8-19-16(20)14-10-12(17)5-6-15(14)18/h2-6,9-10H,7-8,18H2,1H3,(H,19,20). The summed E-state index contributed by atoms with van der Waals surface area (Å²) in [5.74, 6) is 0.645. The van der Waals surface area contributed by atoms with Gasteiger partial charge in [-0.25, -0.2) is 0 Å². The minimum atomic E-state index is -0.170. The lowest BCUT2D eigenvalue weighted by Gasteiger charge is -2.09. The molecule has 0 aliphatic heterocycles. The maximum Gasteiger partial charge on any atom is 0.253 e. The predicted molar refractivity (Wildman–Crippen MR) is 87.6 cm³/mol. The number of nitrogen functional groups attached to an aromatic ring is 1. The minimum Gasteiger partial charge on any atom is -0.497 e. The highest BCUT2D eigenvalue weighted by Gasteiger charge is 2.09. The van der Waals surface area contributed by atoms with Crippen LogP contribution in [0, 0.1) is 0 Å². The molecule has 0 radical (unpaired) electrons. The number of amides is 1. The number of nitrogens with one attached hydrogen (secondary N) is 1. The molecule has 0 saturated carbocycles. The molecule has 0 heterocycles. The number of hydrogen-bond acceptors (Lipinski definition) is 3. The summed E-state index contributed by atoms with van der Waals surface area (Å²) >= 11 is 3.34. The highest BCUT2D eigenvalue weighted by Crippen LogP contribution is 2.18. The number of rotatable bonds is 5. The molecular weight excluding hydrogens is 332 g/mol. The van der Waals surface area contributed by atoms with Crippen molar-refractivity contribution in [2.45, 2.75) is 6.42 Å². The number of benzene rings is 2. The fourth-order valence-electron chi connectivity index (χ4n) is 1.97. The van der Waals surface area contributed by atoms with Crippen LogP contribution in [0.5, 0.6) is 5.75 Å². The Balaban J connectivity index is 1.93. The van der Waals surface area contributed by atoms with E-state index >= 15 is 0 Å². The highest BCUT2D eigenvalue weighted by atomic mass is 79.9. The molecule has 3 N–H and O–H groups in total. The fourth-order valence-corrected chi connectivity index (χ4v) is 2.33. The molecule has 0 atom stereocenters. The second kappa shape index (κ2) is 7.13. The van der Waals surface area contributed by atoms with Gasteiger partial charge < -0.3 is 15.8 Å². The predicted octanol–water partition coefficient (Wildman–Crippen LogP) is 3.01. The van der Waals surface area contributed by atoms with Gasteiger partial charge in [0.25, 0.3) is 5.91 Å². The number of halogens is 1. The summed E-state index contributed by atoms with van der Waals surface area (Å²) in [6.45, 7) is 0.540. The van der Waals surface area contributed by atoms with Crippen molar-refractivity contribution in [1.82, 2.24) is 5.32 Å². The number of anilines is 1. The van der Waals surface area contributed by atoms with Gasteiger partial charge in [-0.1, -0.05) is 28.1 Å². The molecule has 0 saturated heterocycles. The zero-order chi connectivity index (χ0) is 15.2. The van der Waals surface area contributed by atoms with Gasteiger partial charge in [0.05, 0.1) is 12.7 Å². The molecule has 0 aromatic heterocycles. The summed E-state index contributed by atoms with van der Waals surface area (Å²) in [7, 11) is 1.64. The second-order valence-electron chi connectivity index (χ2n) is 4.59. The van der Waals surface area contributed by atoms with E-state index in [1.54, 1.807) is 19.2 Å². The van der Waals surface area contributed by atoms with Crippen molar-refractivity contribution < 1.29 is 9.53 Å². The summed E-state index contributed by atoms with van der Waals surface area (Å²) in [4.78, 5) is 12.1. The van der Waals surface area contributed by atoms with Crippen LogP contribution in [0.25, 0.3) is 0 Å². The van der Waals surface area contributed by atoms with Crippen LogP contribution in [-0.4, -0.2) is 19.6 Å². The third-order valence-corrected chi connectivity index (χ3v) is 3.59. The topological polar surface area (TPSA) is 64.3 Å². The first-order valence-corrected chi connectivity index (χ1v) is 7.35. The zero-order valence-electron chi connectivity index (χ0n) is 11.7. The lowest BCUT2D eigenvalue weighted by molar-refractivity contribution is 0.0955. The molecule has 110 valence electrons. The average Bonchev–Trinajstić information content (AvgIpc) is 2.49. The normalized spacial score (nSPS) is 10.2. The van der Waals surface area contributed by atoms with Crippen LogP contribution in [0.15, 0.2) is 46.9 Å². The minimum absolute atomic E-state index is 0.170. The molecule has 21 heavy (non-hydrogen) atoms. The number of carbonyl (C=O) groups excluding carboxylic acids is 1. The van der Waals surface area contributed by atoms with E-state index in [1.165, 1.54) is 0 Å². The third kappa shape index (κ3) is 4.23. The molecule has 4 nitrogen and oxygen atoms in total. The molecular formula is C16H17BrN2O2. The molecule has 2 rings (SSSR count). The number of carbonyl (C=O) groups is 1. The van der Waals surface area contributed by atoms with E-state index in [0.29, 0.717) is 17.8 Å². The van der Waals surface area contributed by atoms with Crippen molar-refractivity contribution in [1.29, 1.82) is 0 Å². The Morgan fingerprint density at radius 2 is 2.10 bits per heavy atom. The largest absolute Gasteiger partial charge is 0.497 e. The number of nitrogens with two attached hydrogens (primary N) is 1. The Kier molecular flexibility index (Phi) is 5.22. The summed E-state index contributed by atoms with van der Waals surface area (Å²) in [5, 5.41) is 2.87. The monoisotopic (exact) mass is 348 g/mol. The van der Waals surface area contributed by atoms with Gasteiger partial charge in [0.15, 0.2) is 0 Å². The Bertz CT molecular complexity index is 644. The van der Waals surface area contributed by atoms with Crippen LogP contribution in [0.2, 0.25) is 0 Å². The molecule has 5 heteroatoms. The van der Waals surface area contributed by atoms with Gasteiger partial charge in [-0.15, -0.1) is 0 Å². The molecule has 0 aliphatic rings. The van der Waals surface area contributed by atoms with E-state index in [-0.39, 0.29) is 5.91 Å². The molecule has 0 spiro atoms. The number of methoxy groups -OCH3 is 1. The third-order valence-electron chi connectivity index (χ3n) is 3.09. The van der Waals surface area contributed by atoms with Crippen molar-refractivity contribution in [3.05, 3.63) is 58.1 Å². The smallest absolute Gasteiger partial charge is 0.253 e. The summed E-state index contributed by atoms with van der Waals surface area (Å²) < 4.78 is 6.00. The van der Waals surface area contributed by atoms with E-state index in [9.17, 15) is 4.79 Å². The van der Waals surface area contributed by atoms with Gasteiger partial charge in [0.1, 0.15) is 5.75 Å². The molecule has 1 amide bonds. The van der Waals surface area contributed by atoms with Crippen LogP contribution in [0.3, 0.4) is 0 Å². The van der Waals surface area contributed by atoms with Gasteiger partial charge in [0, 0.05) is 16.7 Å². The molecule has 0 fully saturated rings. The van der Waals surface area contributed by atoms with Crippen LogP contribution in [-0.2, 0) is 6.42 Å². The second-order valence-corrected chi connectivity index (χ2v) is 5.50. The van der Waals surface area contributed by atoms with Gasteiger partial charge in [-0.2, -0.15) is 0 Å².